The average molecular weight is 396 g/mol. The predicted molar refractivity (Wildman–Crippen MR) is 99.8 cm³/mol. The minimum atomic E-state index is -0.386. The molecule has 0 saturated carbocycles. The molecule has 3 heterocycles. The second-order valence-corrected chi connectivity index (χ2v) is 6.45. The lowest BCUT2D eigenvalue weighted by Gasteiger charge is -2.20. The number of hydrogen-bond acceptors (Lipinski definition) is 6. The van der Waals surface area contributed by atoms with Crippen molar-refractivity contribution in [1.29, 1.82) is 5.26 Å². The van der Waals surface area contributed by atoms with Crippen molar-refractivity contribution in [2.45, 2.75) is 12.5 Å². The number of benzene rings is 1. The Labute approximate surface area is 165 Å². The Balaban J connectivity index is 1.53. The molecule has 140 valence electrons. The molecular formula is C20H14ClN3O4. The van der Waals surface area contributed by atoms with Crippen molar-refractivity contribution in [3.63, 3.8) is 0 Å². The van der Waals surface area contributed by atoms with Gasteiger partial charge in [0.15, 0.2) is 6.61 Å². The van der Waals surface area contributed by atoms with Gasteiger partial charge in [0.2, 0.25) is 0 Å². The summed E-state index contributed by atoms with van der Waals surface area (Å²) in [6.45, 7) is -0.266. The number of furan rings is 2. The van der Waals surface area contributed by atoms with Gasteiger partial charge in [-0.3, -0.25) is 4.79 Å². The summed E-state index contributed by atoms with van der Waals surface area (Å²) < 4.78 is 16.4. The van der Waals surface area contributed by atoms with E-state index in [1.54, 1.807) is 48.9 Å². The Kier molecular flexibility index (Phi) is 4.87. The van der Waals surface area contributed by atoms with E-state index in [0.717, 1.165) is 0 Å². The maximum atomic E-state index is 12.8. The monoisotopic (exact) mass is 395 g/mol. The summed E-state index contributed by atoms with van der Waals surface area (Å²) in [5.74, 6) is 1.18. The molecule has 0 spiro atoms. The molecule has 3 aromatic rings. The van der Waals surface area contributed by atoms with Gasteiger partial charge in [-0.25, -0.2) is 5.01 Å². The number of hydrogen-bond donors (Lipinski definition) is 0. The van der Waals surface area contributed by atoms with Gasteiger partial charge in [-0.2, -0.15) is 10.4 Å². The lowest BCUT2D eigenvalue weighted by molar-refractivity contribution is -0.135. The molecule has 1 unspecified atom stereocenters. The zero-order valence-electron chi connectivity index (χ0n) is 14.5. The third-order valence-electron chi connectivity index (χ3n) is 4.26. The lowest BCUT2D eigenvalue weighted by atomic mass is 10.1. The Morgan fingerprint density at radius 1 is 1.29 bits per heavy atom. The minimum absolute atomic E-state index is 0.260. The highest BCUT2D eigenvalue weighted by atomic mass is 35.5. The van der Waals surface area contributed by atoms with Crippen LogP contribution in [-0.4, -0.2) is 23.2 Å². The van der Waals surface area contributed by atoms with Crippen LogP contribution in [0.2, 0.25) is 5.02 Å². The molecule has 8 heteroatoms. The van der Waals surface area contributed by atoms with E-state index in [1.165, 1.54) is 11.1 Å². The highest BCUT2D eigenvalue weighted by Crippen LogP contribution is 2.33. The molecule has 1 aromatic carbocycles. The van der Waals surface area contributed by atoms with Crippen LogP contribution in [0, 0.1) is 11.3 Å². The van der Waals surface area contributed by atoms with E-state index in [1.807, 2.05) is 6.07 Å². The number of rotatable bonds is 5. The topological polar surface area (TPSA) is 92.0 Å². The molecule has 28 heavy (non-hydrogen) atoms. The van der Waals surface area contributed by atoms with Crippen molar-refractivity contribution < 1.29 is 18.4 Å². The summed E-state index contributed by atoms with van der Waals surface area (Å²) in [4.78, 5) is 12.8. The van der Waals surface area contributed by atoms with Gasteiger partial charge in [0, 0.05) is 6.42 Å². The first-order valence-electron chi connectivity index (χ1n) is 8.45. The number of ether oxygens (including phenoxy) is 1. The summed E-state index contributed by atoms with van der Waals surface area (Å²) in [5.41, 5.74) is 1.06. The zero-order chi connectivity index (χ0) is 19.5. The Bertz CT molecular complexity index is 1050. The Hall–Kier alpha value is -3.50. The highest BCUT2D eigenvalue weighted by molar-refractivity contribution is 6.32. The van der Waals surface area contributed by atoms with Crippen LogP contribution in [0.15, 0.2) is 68.9 Å². The molecule has 1 amide bonds. The number of carbonyl (C=O) groups excluding carboxylic acids is 1. The second kappa shape index (κ2) is 7.62. The molecule has 0 aliphatic carbocycles. The first-order chi connectivity index (χ1) is 13.7. The molecule has 1 aliphatic heterocycles. The molecule has 0 saturated heterocycles. The SMILES string of the molecule is N#Cc1ccc(OCC(=O)N2N=C(c3ccco3)CC2c2ccco2)c(Cl)c1. The van der Waals surface area contributed by atoms with Gasteiger partial charge in [-0.1, -0.05) is 11.6 Å². The van der Waals surface area contributed by atoms with Crippen molar-refractivity contribution >= 4 is 23.2 Å². The molecule has 4 rings (SSSR count). The standard InChI is InChI=1S/C20H14ClN3O4/c21-14-9-13(11-22)5-6-17(14)28-12-20(25)24-16(19-4-2-8-27-19)10-15(23-24)18-3-1-7-26-18/h1-9,16H,10,12H2. The van der Waals surface area contributed by atoms with Gasteiger partial charge < -0.3 is 13.6 Å². The molecular weight excluding hydrogens is 382 g/mol. The highest BCUT2D eigenvalue weighted by Gasteiger charge is 2.35. The number of carbonyl (C=O) groups is 1. The zero-order valence-corrected chi connectivity index (χ0v) is 15.3. The third kappa shape index (κ3) is 3.50. The molecule has 7 nitrogen and oxygen atoms in total. The fourth-order valence-electron chi connectivity index (χ4n) is 2.93. The van der Waals surface area contributed by atoms with Crippen molar-refractivity contribution in [1.82, 2.24) is 5.01 Å². The quantitative estimate of drug-likeness (QED) is 0.646. The normalized spacial score (nSPS) is 15.9. The summed E-state index contributed by atoms with van der Waals surface area (Å²) in [5, 5.41) is 14.9. The summed E-state index contributed by atoms with van der Waals surface area (Å²) in [6, 6.07) is 13.3. The number of amides is 1. The molecule has 0 radical (unpaired) electrons. The van der Waals surface area contributed by atoms with Crippen LogP contribution in [0.25, 0.3) is 0 Å². The van der Waals surface area contributed by atoms with E-state index >= 15 is 0 Å². The van der Waals surface area contributed by atoms with Gasteiger partial charge in [-0.05, 0) is 42.5 Å². The van der Waals surface area contributed by atoms with Gasteiger partial charge in [0.25, 0.3) is 5.91 Å². The van der Waals surface area contributed by atoms with Crippen LogP contribution in [0.1, 0.15) is 29.5 Å². The molecule has 0 bridgehead atoms. The first-order valence-corrected chi connectivity index (χ1v) is 8.83. The summed E-state index contributed by atoms with van der Waals surface area (Å²) >= 11 is 6.10. The van der Waals surface area contributed by atoms with E-state index in [9.17, 15) is 4.79 Å². The maximum absolute atomic E-state index is 12.8. The fourth-order valence-corrected chi connectivity index (χ4v) is 3.16. The Morgan fingerprint density at radius 3 is 2.79 bits per heavy atom. The predicted octanol–water partition coefficient (Wildman–Crippen LogP) is 4.15. The van der Waals surface area contributed by atoms with Gasteiger partial charge >= 0.3 is 0 Å². The van der Waals surface area contributed by atoms with E-state index in [0.29, 0.717) is 35.0 Å². The van der Waals surface area contributed by atoms with Crippen LogP contribution >= 0.6 is 11.6 Å². The lowest BCUT2D eigenvalue weighted by Crippen LogP contribution is -2.31. The van der Waals surface area contributed by atoms with Gasteiger partial charge in [-0.15, -0.1) is 0 Å². The van der Waals surface area contributed by atoms with Crippen molar-refractivity contribution in [2.24, 2.45) is 5.10 Å². The van der Waals surface area contributed by atoms with Crippen LogP contribution in [0.5, 0.6) is 5.75 Å². The molecule has 0 fully saturated rings. The smallest absolute Gasteiger partial charge is 0.281 e. The summed E-state index contributed by atoms with van der Waals surface area (Å²) in [7, 11) is 0. The van der Waals surface area contributed by atoms with Gasteiger partial charge in [0.1, 0.15) is 29.0 Å². The number of halogens is 1. The molecule has 1 atom stereocenters. The number of nitrogens with zero attached hydrogens (tertiary/aromatic N) is 3. The van der Waals surface area contributed by atoms with E-state index in [-0.39, 0.29) is 23.6 Å². The number of nitriles is 1. The van der Waals surface area contributed by atoms with E-state index in [4.69, 9.17) is 30.4 Å². The van der Waals surface area contributed by atoms with E-state index in [2.05, 4.69) is 5.10 Å². The maximum Gasteiger partial charge on any atom is 0.281 e. The van der Waals surface area contributed by atoms with E-state index < -0.39 is 0 Å². The minimum Gasteiger partial charge on any atom is -0.482 e. The molecule has 1 aliphatic rings. The van der Waals surface area contributed by atoms with Crippen LogP contribution in [0.4, 0.5) is 0 Å². The van der Waals surface area contributed by atoms with Crippen LogP contribution in [-0.2, 0) is 4.79 Å². The Morgan fingerprint density at radius 2 is 2.11 bits per heavy atom. The van der Waals surface area contributed by atoms with Crippen molar-refractivity contribution in [3.8, 4) is 11.8 Å². The first kappa shape index (κ1) is 17.9. The third-order valence-corrected chi connectivity index (χ3v) is 4.55. The second-order valence-electron chi connectivity index (χ2n) is 6.04. The van der Waals surface area contributed by atoms with Crippen molar-refractivity contribution in [3.05, 3.63) is 77.1 Å². The van der Waals surface area contributed by atoms with Crippen LogP contribution in [0.3, 0.4) is 0 Å². The van der Waals surface area contributed by atoms with Crippen LogP contribution < -0.4 is 4.74 Å². The van der Waals surface area contributed by atoms with Crippen molar-refractivity contribution in [2.75, 3.05) is 6.61 Å². The molecule has 2 aromatic heterocycles. The fraction of sp³-hybridized carbons (Fsp3) is 0.150. The van der Waals surface area contributed by atoms with Gasteiger partial charge in [0.05, 0.1) is 29.2 Å². The number of hydrazone groups is 1. The molecule has 0 N–H and O–H groups in total. The summed E-state index contributed by atoms with van der Waals surface area (Å²) in [6.07, 6.45) is 3.57. The largest absolute Gasteiger partial charge is 0.482 e. The average Bonchev–Trinajstić information content (AvgIpc) is 3.47.